The van der Waals surface area contributed by atoms with Crippen LogP contribution in [0.3, 0.4) is 0 Å². The van der Waals surface area contributed by atoms with E-state index < -0.39 is 34.7 Å². The van der Waals surface area contributed by atoms with Gasteiger partial charge in [-0.15, -0.1) is 0 Å². The number of likely N-dealkylation sites (N-methyl/N-ethyl adjacent to an activating group) is 1. The second kappa shape index (κ2) is 15.9. The number of hydrogen-bond acceptors (Lipinski definition) is 7. The number of nitrogens with zero attached hydrogens (tertiary/aromatic N) is 1. The van der Waals surface area contributed by atoms with E-state index >= 15 is 0 Å². The number of carbonyl (C=O) groups excluding carboxylic acids is 4. The van der Waals surface area contributed by atoms with E-state index in [2.05, 4.69) is 16.0 Å². The van der Waals surface area contributed by atoms with Gasteiger partial charge in [-0.05, 0) is 83.2 Å². The lowest BCUT2D eigenvalue weighted by Crippen LogP contribution is -2.61. The van der Waals surface area contributed by atoms with Crippen LogP contribution in [0.25, 0.3) is 5.57 Å². The average Bonchev–Trinajstić information content (AvgIpc) is 3.31. The molecule has 4 rings (SSSR count). The van der Waals surface area contributed by atoms with Crippen molar-refractivity contribution in [3.05, 3.63) is 71.3 Å². The zero-order valence-electron chi connectivity index (χ0n) is 29.9. The number of hydrogen-bond donors (Lipinski definition) is 3. The van der Waals surface area contributed by atoms with Crippen LogP contribution in [0.1, 0.15) is 84.8 Å². The first-order chi connectivity index (χ1) is 23.2. The maximum atomic E-state index is 14.4. The van der Waals surface area contributed by atoms with E-state index in [1.807, 2.05) is 61.5 Å². The summed E-state index contributed by atoms with van der Waals surface area (Å²) in [5.41, 5.74) is 0.399. The fraction of sp³-hybridized carbons (Fsp3) is 0.526. The SMILES string of the molecule is CCN(CC1=C(c2ccc(OC)cc2)C(=O)NC12CCCCC2)C(=O)[C@@H](COCc1ccccc1)NC(=O)C(C)(C)NC(=O)OC(C)(C)C. The molecule has 4 amide bonds. The minimum absolute atomic E-state index is 0.106. The third-order valence-corrected chi connectivity index (χ3v) is 8.97. The fourth-order valence-electron chi connectivity index (χ4n) is 6.36. The van der Waals surface area contributed by atoms with Crippen molar-refractivity contribution in [2.45, 2.75) is 103 Å². The van der Waals surface area contributed by atoms with E-state index in [1.54, 1.807) is 46.6 Å². The summed E-state index contributed by atoms with van der Waals surface area (Å²) >= 11 is 0. The van der Waals surface area contributed by atoms with Crippen LogP contribution >= 0.6 is 0 Å². The first-order valence-corrected chi connectivity index (χ1v) is 17.1. The highest BCUT2D eigenvalue weighted by atomic mass is 16.6. The smallest absolute Gasteiger partial charge is 0.408 e. The predicted molar refractivity (Wildman–Crippen MR) is 188 cm³/mol. The molecular weight excluding hydrogens is 624 g/mol. The normalized spacial score (nSPS) is 16.5. The molecule has 0 bridgehead atoms. The molecule has 11 nitrogen and oxygen atoms in total. The van der Waals surface area contributed by atoms with Crippen molar-refractivity contribution < 1.29 is 33.4 Å². The summed E-state index contributed by atoms with van der Waals surface area (Å²) in [6, 6.07) is 15.9. The van der Waals surface area contributed by atoms with Crippen molar-refractivity contribution in [3.8, 4) is 5.75 Å². The quantitative estimate of drug-likeness (QED) is 0.268. The molecule has 1 atom stereocenters. The molecule has 1 aliphatic carbocycles. The van der Waals surface area contributed by atoms with Gasteiger partial charge in [0.05, 0.1) is 25.9 Å². The molecule has 0 saturated heterocycles. The summed E-state index contributed by atoms with van der Waals surface area (Å²) in [6.07, 6.45) is 3.82. The lowest BCUT2D eigenvalue weighted by molar-refractivity contribution is -0.139. The number of nitrogens with one attached hydrogen (secondary N) is 3. The van der Waals surface area contributed by atoms with Gasteiger partial charge >= 0.3 is 6.09 Å². The van der Waals surface area contributed by atoms with Crippen molar-refractivity contribution in [1.29, 1.82) is 0 Å². The van der Waals surface area contributed by atoms with Gasteiger partial charge in [-0.25, -0.2) is 4.79 Å². The molecule has 49 heavy (non-hydrogen) atoms. The highest BCUT2D eigenvalue weighted by molar-refractivity contribution is 6.24. The highest BCUT2D eigenvalue weighted by Crippen LogP contribution is 2.43. The van der Waals surface area contributed by atoms with E-state index in [-0.39, 0.29) is 31.6 Å². The fourth-order valence-corrected chi connectivity index (χ4v) is 6.36. The van der Waals surface area contributed by atoms with Crippen molar-refractivity contribution in [2.24, 2.45) is 0 Å². The molecule has 2 aliphatic rings. The van der Waals surface area contributed by atoms with Crippen molar-refractivity contribution in [2.75, 3.05) is 26.8 Å². The number of carbonyl (C=O) groups is 4. The largest absolute Gasteiger partial charge is 0.497 e. The Balaban J connectivity index is 1.63. The number of rotatable bonds is 13. The van der Waals surface area contributed by atoms with E-state index in [0.29, 0.717) is 17.9 Å². The Hall–Kier alpha value is -4.38. The maximum absolute atomic E-state index is 14.4. The van der Waals surface area contributed by atoms with Gasteiger partial charge in [0.15, 0.2) is 0 Å². The third-order valence-electron chi connectivity index (χ3n) is 8.97. The van der Waals surface area contributed by atoms with Crippen LogP contribution in [-0.4, -0.2) is 78.2 Å². The van der Waals surface area contributed by atoms with E-state index in [9.17, 15) is 19.2 Å². The van der Waals surface area contributed by atoms with Crippen molar-refractivity contribution in [1.82, 2.24) is 20.9 Å². The first-order valence-electron chi connectivity index (χ1n) is 17.1. The molecule has 0 unspecified atom stereocenters. The van der Waals surface area contributed by atoms with E-state index in [0.717, 1.165) is 48.8 Å². The molecular formula is C38H52N4O7. The van der Waals surface area contributed by atoms with Gasteiger partial charge in [0.25, 0.3) is 5.91 Å². The zero-order valence-corrected chi connectivity index (χ0v) is 29.9. The lowest BCUT2D eigenvalue weighted by atomic mass is 9.76. The van der Waals surface area contributed by atoms with Gasteiger partial charge < -0.3 is 35.1 Å². The van der Waals surface area contributed by atoms with Gasteiger partial charge in [-0.2, -0.15) is 0 Å². The van der Waals surface area contributed by atoms with Crippen molar-refractivity contribution >= 4 is 29.4 Å². The standard InChI is InChI=1S/C38H52N4O7/c1-8-42(23-29-31(27-17-19-28(47-7)20-18-27)32(43)40-38(29)21-13-10-14-22-38)33(44)30(25-48-24-26-15-11-9-12-16-26)39-34(45)37(5,6)41-35(46)49-36(2,3)4/h9,11-12,15-20,30H,8,10,13-14,21-25H2,1-7H3,(H,39,45)(H,40,43)(H,41,46)/t30-/m1/s1. The van der Waals surface area contributed by atoms with Crippen LogP contribution in [-0.2, 0) is 30.5 Å². The Morgan fingerprint density at radius 1 is 0.959 bits per heavy atom. The lowest BCUT2D eigenvalue weighted by Gasteiger charge is -2.39. The minimum Gasteiger partial charge on any atom is -0.497 e. The Labute approximate surface area is 290 Å². The minimum atomic E-state index is -1.41. The average molecular weight is 677 g/mol. The number of amides is 4. The van der Waals surface area contributed by atoms with Crippen molar-refractivity contribution in [3.63, 3.8) is 0 Å². The second-order valence-corrected chi connectivity index (χ2v) is 14.3. The van der Waals surface area contributed by atoms with Crippen LogP contribution in [0, 0.1) is 0 Å². The van der Waals surface area contributed by atoms with Gasteiger partial charge in [0.1, 0.15) is 22.9 Å². The topological polar surface area (TPSA) is 135 Å². The number of benzene rings is 2. The summed E-state index contributed by atoms with van der Waals surface area (Å²) in [5.74, 6) is -0.406. The number of alkyl carbamates (subject to hydrolysis) is 1. The van der Waals surface area contributed by atoms with Crippen LogP contribution in [0.2, 0.25) is 0 Å². The molecule has 1 spiro atoms. The molecule has 1 heterocycles. The Morgan fingerprint density at radius 2 is 1.61 bits per heavy atom. The predicted octanol–water partition coefficient (Wildman–Crippen LogP) is 5.13. The monoisotopic (exact) mass is 676 g/mol. The summed E-state index contributed by atoms with van der Waals surface area (Å²) < 4.78 is 16.7. The van der Waals surface area contributed by atoms with E-state index in [1.165, 1.54) is 0 Å². The van der Waals surface area contributed by atoms with E-state index in [4.69, 9.17) is 14.2 Å². The van der Waals surface area contributed by atoms with Crippen LogP contribution < -0.4 is 20.7 Å². The summed E-state index contributed by atoms with van der Waals surface area (Å²) in [6.45, 7) is 10.8. The number of methoxy groups -OCH3 is 1. The molecule has 1 fully saturated rings. The molecule has 1 aliphatic heterocycles. The molecule has 2 aromatic carbocycles. The van der Waals surface area contributed by atoms with Gasteiger partial charge in [0, 0.05) is 18.7 Å². The highest BCUT2D eigenvalue weighted by Gasteiger charge is 2.47. The third kappa shape index (κ3) is 9.62. The molecule has 2 aromatic rings. The Morgan fingerprint density at radius 3 is 2.20 bits per heavy atom. The summed E-state index contributed by atoms with van der Waals surface area (Å²) in [7, 11) is 1.59. The summed E-state index contributed by atoms with van der Waals surface area (Å²) in [5, 5.41) is 8.77. The number of ether oxygens (including phenoxy) is 3. The molecule has 1 saturated carbocycles. The Kier molecular flexibility index (Phi) is 12.1. The van der Waals surface area contributed by atoms with Crippen LogP contribution in [0.5, 0.6) is 5.75 Å². The summed E-state index contributed by atoms with van der Waals surface area (Å²) in [4.78, 5) is 56.0. The first kappa shape index (κ1) is 37.4. The van der Waals surface area contributed by atoms with Gasteiger partial charge in [-0.3, -0.25) is 14.4 Å². The molecule has 3 N–H and O–H groups in total. The zero-order chi connectivity index (χ0) is 35.8. The molecule has 266 valence electrons. The molecule has 11 heteroatoms. The van der Waals surface area contributed by atoms with Gasteiger partial charge in [-0.1, -0.05) is 61.7 Å². The molecule has 0 radical (unpaired) electrons. The molecule has 0 aromatic heterocycles. The van der Waals surface area contributed by atoms with Gasteiger partial charge in [0.2, 0.25) is 11.8 Å². The van der Waals surface area contributed by atoms with Crippen LogP contribution in [0.15, 0.2) is 60.2 Å². The Bertz CT molecular complexity index is 1510. The van der Waals surface area contributed by atoms with Crippen LogP contribution in [0.4, 0.5) is 4.79 Å². The maximum Gasteiger partial charge on any atom is 0.408 e. The second-order valence-electron chi connectivity index (χ2n) is 14.3.